The van der Waals surface area contributed by atoms with E-state index in [-0.39, 0.29) is 22.6 Å². The summed E-state index contributed by atoms with van der Waals surface area (Å²) >= 11 is 3.40. The first-order valence-electron chi connectivity index (χ1n) is 6.65. The van der Waals surface area contributed by atoms with Crippen LogP contribution >= 0.6 is 15.9 Å². The molecule has 112 valence electrons. The molecule has 6 nitrogen and oxygen atoms in total. The van der Waals surface area contributed by atoms with Crippen molar-refractivity contribution in [1.29, 1.82) is 0 Å². The van der Waals surface area contributed by atoms with Crippen LogP contribution in [-0.4, -0.2) is 21.7 Å². The number of rotatable bonds is 1. The van der Waals surface area contributed by atoms with Crippen molar-refractivity contribution in [2.24, 2.45) is 0 Å². The number of carbonyl (C=O) groups is 2. The smallest absolute Gasteiger partial charge is 0.248 e. The molecule has 1 N–H and O–H groups in total. The van der Waals surface area contributed by atoms with Gasteiger partial charge in [-0.25, -0.2) is 0 Å². The van der Waals surface area contributed by atoms with E-state index in [0.717, 1.165) is 4.47 Å². The standard InChI is InChI=1S/C16H7BrN2O4/c17-9-4-2-1-3-7(9)12-11-14(21)8-5-6-10(20)18-13(8)15(22)16(11)23-19-12/h1-6H,(H,18,20). The number of nitrogens with zero attached hydrogens (tertiary/aromatic N) is 1. The van der Waals surface area contributed by atoms with Crippen LogP contribution in [-0.2, 0) is 0 Å². The molecule has 1 aliphatic carbocycles. The molecule has 4 rings (SSSR count). The predicted octanol–water partition coefficient (Wildman–Crippen LogP) is 2.57. The van der Waals surface area contributed by atoms with Crippen LogP contribution in [0.1, 0.15) is 32.2 Å². The van der Waals surface area contributed by atoms with Gasteiger partial charge in [-0.1, -0.05) is 39.3 Å². The number of H-pyrrole nitrogens is 1. The zero-order valence-electron chi connectivity index (χ0n) is 11.4. The Morgan fingerprint density at radius 3 is 2.52 bits per heavy atom. The molecule has 23 heavy (non-hydrogen) atoms. The number of aromatic nitrogens is 2. The second-order valence-corrected chi connectivity index (χ2v) is 5.84. The molecular formula is C16H7BrN2O4. The van der Waals surface area contributed by atoms with Crippen molar-refractivity contribution in [1.82, 2.24) is 10.1 Å². The van der Waals surface area contributed by atoms with Gasteiger partial charge in [-0.15, -0.1) is 0 Å². The highest BCUT2D eigenvalue weighted by Crippen LogP contribution is 2.35. The van der Waals surface area contributed by atoms with Gasteiger partial charge in [-0.2, -0.15) is 0 Å². The molecule has 1 aromatic carbocycles. The lowest BCUT2D eigenvalue weighted by Gasteiger charge is -2.12. The minimum absolute atomic E-state index is 0.0650. The summed E-state index contributed by atoms with van der Waals surface area (Å²) in [6.45, 7) is 0. The number of hydrogen-bond acceptors (Lipinski definition) is 5. The molecule has 0 unspecified atom stereocenters. The number of fused-ring (bicyclic) bond motifs is 2. The molecule has 1 aliphatic rings. The van der Waals surface area contributed by atoms with E-state index in [9.17, 15) is 14.4 Å². The van der Waals surface area contributed by atoms with Crippen LogP contribution in [0, 0.1) is 0 Å². The molecule has 0 aliphatic heterocycles. The Morgan fingerprint density at radius 1 is 0.957 bits per heavy atom. The van der Waals surface area contributed by atoms with Gasteiger partial charge in [0.2, 0.25) is 22.9 Å². The lowest BCUT2D eigenvalue weighted by Crippen LogP contribution is -2.24. The number of carbonyl (C=O) groups excluding carboxylic acids is 2. The summed E-state index contributed by atoms with van der Waals surface area (Å²) in [7, 11) is 0. The molecule has 0 fully saturated rings. The lowest BCUT2D eigenvalue weighted by atomic mass is 9.89. The first-order valence-corrected chi connectivity index (χ1v) is 7.44. The van der Waals surface area contributed by atoms with Gasteiger partial charge in [0.15, 0.2) is 0 Å². The maximum Gasteiger partial charge on any atom is 0.248 e. The van der Waals surface area contributed by atoms with Gasteiger partial charge >= 0.3 is 0 Å². The zero-order chi connectivity index (χ0) is 16.1. The highest BCUT2D eigenvalue weighted by atomic mass is 79.9. The monoisotopic (exact) mass is 370 g/mol. The van der Waals surface area contributed by atoms with Gasteiger partial charge < -0.3 is 9.51 Å². The van der Waals surface area contributed by atoms with Crippen molar-refractivity contribution < 1.29 is 14.1 Å². The molecule has 7 heteroatoms. The maximum absolute atomic E-state index is 12.7. The SMILES string of the molecule is O=C1c2[nH]c(=O)ccc2C(=O)c2c(-c3ccccc3Br)noc21. The number of nitrogens with one attached hydrogen (secondary N) is 1. The third kappa shape index (κ3) is 1.93. The van der Waals surface area contributed by atoms with Gasteiger partial charge in [-0.3, -0.25) is 14.4 Å². The molecule has 0 saturated carbocycles. The quantitative estimate of drug-likeness (QED) is 0.555. The second-order valence-electron chi connectivity index (χ2n) is 4.98. The largest absolute Gasteiger partial charge is 0.351 e. The molecule has 3 aromatic rings. The summed E-state index contributed by atoms with van der Waals surface area (Å²) in [5.74, 6) is -1.12. The predicted molar refractivity (Wildman–Crippen MR) is 83.6 cm³/mol. The maximum atomic E-state index is 12.7. The van der Waals surface area contributed by atoms with Crippen molar-refractivity contribution in [3.05, 3.63) is 73.8 Å². The second kappa shape index (κ2) is 4.85. The third-order valence-corrected chi connectivity index (χ3v) is 4.34. The third-order valence-electron chi connectivity index (χ3n) is 3.64. The summed E-state index contributed by atoms with van der Waals surface area (Å²) in [6.07, 6.45) is 0. The Hall–Kier alpha value is -2.80. The number of pyridine rings is 1. The Kier molecular flexibility index (Phi) is 2.92. The molecule has 0 saturated heterocycles. The van der Waals surface area contributed by atoms with Crippen molar-refractivity contribution in [3.63, 3.8) is 0 Å². The average Bonchev–Trinajstić information content (AvgIpc) is 2.98. The number of halogens is 1. The van der Waals surface area contributed by atoms with Crippen LogP contribution in [0.15, 0.2) is 50.2 Å². The summed E-state index contributed by atoms with van der Waals surface area (Å²) in [6, 6.07) is 9.74. The Balaban J connectivity index is 1.99. The van der Waals surface area contributed by atoms with Gasteiger partial charge in [0.25, 0.3) is 0 Å². The average molecular weight is 371 g/mol. The number of hydrogen-bond donors (Lipinski definition) is 1. The number of ketones is 2. The summed E-state index contributed by atoms with van der Waals surface area (Å²) < 4.78 is 5.84. The van der Waals surface area contributed by atoms with Crippen molar-refractivity contribution in [2.45, 2.75) is 0 Å². The lowest BCUT2D eigenvalue weighted by molar-refractivity contribution is 0.0950. The summed E-state index contributed by atoms with van der Waals surface area (Å²) in [5, 5.41) is 3.90. The molecule has 0 atom stereocenters. The normalized spacial score (nSPS) is 12.9. The first-order chi connectivity index (χ1) is 11.1. The Bertz CT molecular complexity index is 1050. The fourth-order valence-electron chi connectivity index (χ4n) is 2.58. The van der Waals surface area contributed by atoms with Gasteiger partial charge in [0.1, 0.15) is 17.0 Å². The van der Waals surface area contributed by atoms with Crippen molar-refractivity contribution in [3.8, 4) is 11.3 Å². The van der Waals surface area contributed by atoms with Crippen molar-refractivity contribution >= 4 is 27.5 Å². The zero-order valence-corrected chi connectivity index (χ0v) is 13.0. The van der Waals surface area contributed by atoms with E-state index < -0.39 is 17.1 Å². The van der Waals surface area contributed by atoms with Crippen LogP contribution in [0.2, 0.25) is 0 Å². The van der Waals surface area contributed by atoms with Gasteiger partial charge in [-0.05, 0) is 12.1 Å². The molecule has 0 spiro atoms. The number of benzene rings is 1. The molecule has 2 heterocycles. The minimum Gasteiger partial charge on any atom is -0.351 e. The topological polar surface area (TPSA) is 93.0 Å². The van der Waals surface area contributed by atoms with E-state index in [2.05, 4.69) is 26.1 Å². The van der Waals surface area contributed by atoms with Crippen LogP contribution in [0.3, 0.4) is 0 Å². The number of aromatic amines is 1. The molecule has 0 radical (unpaired) electrons. The van der Waals surface area contributed by atoms with E-state index in [4.69, 9.17) is 4.52 Å². The van der Waals surface area contributed by atoms with E-state index in [0.29, 0.717) is 11.3 Å². The van der Waals surface area contributed by atoms with Crippen LogP contribution < -0.4 is 5.56 Å². The van der Waals surface area contributed by atoms with Gasteiger partial charge in [0, 0.05) is 16.1 Å². The Morgan fingerprint density at radius 2 is 1.74 bits per heavy atom. The van der Waals surface area contributed by atoms with Crippen molar-refractivity contribution in [2.75, 3.05) is 0 Å². The Labute approximate surface area is 137 Å². The fraction of sp³-hybridized carbons (Fsp3) is 0. The first kappa shape index (κ1) is 13.8. The van der Waals surface area contributed by atoms with E-state index >= 15 is 0 Å². The molecular weight excluding hydrogens is 364 g/mol. The molecule has 2 aromatic heterocycles. The van der Waals surface area contributed by atoms with Crippen LogP contribution in [0.4, 0.5) is 0 Å². The highest BCUT2D eigenvalue weighted by molar-refractivity contribution is 9.10. The van der Waals surface area contributed by atoms with Crippen LogP contribution in [0.5, 0.6) is 0 Å². The minimum atomic E-state index is -0.557. The van der Waals surface area contributed by atoms with E-state index in [1.165, 1.54) is 12.1 Å². The van der Waals surface area contributed by atoms with Gasteiger partial charge in [0.05, 0.1) is 5.56 Å². The van der Waals surface area contributed by atoms with E-state index in [1.54, 1.807) is 18.2 Å². The highest BCUT2D eigenvalue weighted by Gasteiger charge is 2.37. The summed E-state index contributed by atoms with van der Waals surface area (Å²) in [5.41, 5.74) is 0.665. The van der Waals surface area contributed by atoms with Crippen LogP contribution in [0.25, 0.3) is 11.3 Å². The van der Waals surface area contributed by atoms with E-state index in [1.807, 2.05) is 6.07 Å². The molecule has 0 bridgehead atoms. The summed E-state index contributed by atoms with van der Waals surface area (Å²) in [4.78, 5) is 39.0. The fourth-order valence-corrected chi connectivity index (χ4v) is 3.06. The molecule has 0 amide bonds.